The third kappa shape index (κ3) is 7.56. The number of ether oxygens (including phenoxy) is 1. The number of rotatable bonds is 7. The molecule has 9 heteroatoms. The molecule has 0 radical (unpaired) electrons. The fraction of sp³-hybridized carbons (Fsp3) is 0.786. The number of aliphatic hydroxyl groups is 1. The monoisotopic (exact) mass is 353 g/mol. The Labute approximate surface area is 144 Å². The van der Waals surface area contributed by atoms with E-state index in [1.807, 2.05) is 0 Å². The molecule has 0 bridgehead atoms. The van der Waals surface area contributed by atoms with Gasteiger partial charge in [0.25, 0.3) is 0 Å². The molecular weight excluding hydrogens is 324 g/mol. The van der Waals surface area contributed by atoms with Crippen LogP contribution >= 0.6 is 11.8 Å². The Kier molecular flexibility index (Phi) is 6.39. The first-order valence-corrected chi connectivity index (χ1v) is 7.84. The van der Waals surface area contributed by atoms with E-state index in [1.165, 1.54) is 6.92 Å². The highest BCUT2D eigenvalue weighted by molar-refractivity contribution is 7.98. The van der Waals surface area contributed by atoms with Gasteiger partial charge in [0.05, 0.1) is 6.10 Å². The van der Waals surface area contributed by atoms with Crippen molar-refractivity contribution >= 4 is 29.7 Å². The van der Waals surface area contributed by atoms with Gasteiger partial charge in [-0.25, -0.2) is 9.59 Å². The van der Waals surface area contributed by atoms with Gasteiger partial charge in [-0.05, 0) is 33.9 Å². The number of thioether (sulfide) groups is 1. The van der Waals surface area contributed by atoms with Crippen LogP contribution in [0.15, 0.2) is 0 Å². The maximum atomic E-state index is 12.5. The lowest BCUT2D eigenvalue weighted by Crippen LogP contribution is -2.57. The average molecular weight is 353 g/mol. The molecule has 0 spiro atoms. The number of amides is 2. The van der Waals surface area contributed by atoms with Crippen LogP contribution in [0.4, 0.5) is 4.79 Å². The molecule has 134 valence electrons. The number of likely N-dealkylation sites (N-methyl/N-ethyl adjacent to an activating group) is 1. The van der Waals surface area contributed by atoms with Crippen LogP contribution in [0.5, 0.6) is 0 Å². The van der Waals surface area contributed by atoms with Crippen LogP contribution in [0.3, 0.4) is 0 Å². The summed E-state index contributed by atoms with van der Waals surface area (Å²) in [6.45, 7) is 6.10. The molecule has 0 saturated heterocycles. The first-order chi connectivity index (χ1) is 11.5. The van der Waals surface area contributed by atoms with Crippen molar-refractivity contribution in [1.29, 1.82) is 0 Å². The van der Waals surface area contributed by atoms with Gasteiger partial charge in [-0.1, -0.05) is 0 Å². The van der Waals surface area contributed by atoms with Crippen molar-refractivity contribution in [2.24, 2.45) is 0 Å². The van der Waals surface area contributed by atoms with Gasteiger partial charge in [0.15, 0.2) is 0 Å². The standard InChI is InChI=1S/C14H26N2O6S/c1-8(17)10(15-13(21)22-14(2,3)4)11(18)16(5)9(7-23-6)12(19)20/h8-10,17H,7H2,1-6H3,(H,15,21)(H,19,20)/t8-,9+,10+/m1/s1/i6D3. The summed E-state index contributed by atoms with van der Waals surface area (Å²) in [6.07, 6.45) is -4.70. The predicted molar refractivity (Wildman–Crippen MR) is 87.4 cm³/mol. The molecule has 0 aromatic carbocycles. The summed E-state index contributed by atoms with van der Waals surface area (Å²) in [5, 5.41) is 21.3. The summed E-state index contributed by atoms with van der Waals surface area (Å²) in [5.41, 5.74) is -0.831. The molecule has 0 saturated carbocycles. The lowest BCUT2D eigenvalue weighted by Gasteiger charge is -2.30. The lowest BCUT2D eigenvalue weighted by molar-refractivity contribution is -0.149. The number of alkyl carbamates (subject to hydrolysis) is 1. The highest BCUT2D eigenvalue weighted by Crippen LogP contribution is 2.11. The summed E-state index contributed by atoms with van der Waals surface area (Å²) < 4.78 is 26.4. The van der Waals surface area contributed by atoms with E-state index >= 15 is 0 Å². The second-order valence-corrected chi connectivity index (χ2v) is 6.60. The van der Waals surface area contributed by atoms with E-state index in [-0.39, 0.29) is 5.75 Å². The normalized spacial score (nSPS) is 17.7. The van der Waals surface area contributed by atoms with Crippen molar-refractivity contribution in [3.63, 3.8) is 0 Å². The van der Waals surface area contributed by atoms with Crippen molar-refractivity contribution in [3.05, 3.63) is 0 Å². The molecule has 2 amide bonds. The highest BCUT2D eigenvalue weighted by Gasteiger charge is 2.35. The molecule has 8 nitrogen and oxygen atoms in total. The van der Waals surface area contributed by atoms with Gasteiger partial charge in [-0.15, -0.1) is 0 Å². The smallest absolute Gasteiger partial charge is 0.408 e. The Morgan fingerprint density at radius 2 is 1.96 bits per heavy atom. The second-order valence-electron chi connectivity index (χ2n) is 5.98. The Morgan fingerprint density at radius 3 is 2.35 bits per heavy atom. The van der Waals surface area contributed by atoms with Crippen molar-refractivity contribution in [2.45, 2.75) is 51.5 Å². The third-order valence-electron chi connectivity index (χ3n) is 2.76. The molecule has 0 aliphatic carbocycles. The maximum absolute atomic E-state index is 12.5. The second kappa shape index (κ2) is 8.97. The Morgan fingerprint density at radius 1 is 1.39 bits per heavy atom. The molecule has 0 fully saturated rings. The molecule has 0 aliphatic heterocycles. The minimum absolute atomic E-state index is 0.382. The number of hydrogen-bond donors (Lipinski definition) is 3. The molecule has 0 heterocycles. The van der Waals surface area contributed by atoms with E-state index in [0.717, 1.165) is 11.9 Å². The average Bonchev–Trinajstić information content (AvgIpc) is 2.40. The van der Waals surface area contributed by atoms with Gasteiger partial charge in [0.1, 0.15) is 17.7 Å². The molecule has 0 aliphatic rings. The Hall–Kier alpha value is -1.48. The molecule has 0 unspecified atom stereocenters. The largest absolute Gasteiger partial charge is 0.480 e. The number of carboxylic acid groups (broad SMARTS) is 1. The van der Waals surface area contributed by atoms with E-state index in [0.29, 0.717) is 11.8 Å². The van der Waals surface area contributed by atoms with E-state index in [1.54, 1.807) is 20.8 Å². The Bertz CT molecular complexity index is 522. The lowest BCUT2D eigenvalue weighted by atomic mass is 10.1. The Balaban J connectivity index is 5.23. The van der Waals surface area contributed by atoms with E-state index in [4.69, 9.17) is 8.85 Å². The van der Waals surface area contributed by atoms with Gasteiger partial charge in [-0.2, -0.15) is 11.8 Å². The molecule has 23 heavy (non-hydrogen) atoms. The van der Waals surface area contributed by atoms with Crippen molar-refractivity contribution in [2.75, 3.05) is 19.0 Å². The number of aliphatic hydroxyl groups excluding tert-OH is 1. The molecule has 3 atom stereocenters. The van der Waals surface area contributed by atoms with Crippen molar-refractivity contribution in [1.82, 2.24) is 10.2 Å². The molecule has 0 aromatic rings. The van der Waals surface area contributed by atoms with Crippen LogP contribution in [0.2, 0.25) is 0 Å². The van der Waals surface area contributed by atoms with Crippen LogP contribution in [-0.2, 0) is 14.3 Å². The number of hydrogen-bond acceptors (Lipinski definition) is 6. The quantitative estimate of drug-likeness (QED) is 0.611. The number of carbonyl (C=O) groups is 3. The van der Waals surface area contributed by atoms with Gasteiger partial charge in [0.2, 0.25) is 5.91 Å². The fourth-order valence-corrected chi connectivity index (χ4v) is 2.15. The predicted octanol–water partition coefficient (Wildman–Crippen LogP) is 0.535. The molecular formula is C14H26N2O6S. The zero-order valence-electron chi connectivity index (χ0n) is 16.8. The first-order valence-electron chi connectivity index (χ1n) is 8.36. The number of nitrogens with one attached hydrogen (secondary N) is 1. The van der Waals surface area contributed by atoms with E-state index in [9.17, 15) is 24.6 Å². The van der Waals surface area contributed by atoms with Crippen LogP contribution in [0, 0.1) is 0 Å². The van der Waals surface area contributed by atoms with Gasteiger partial charge >= 0.3 is 12.1 Å². The van der Waals surface area contributed by atoms with Gasteiger partial charge < -0.3 is 25.2 Å². The molecule has 0 aromatic heterocycles. The van der Waals surface area contributed by atoms with E-state index in [2.05, 4.69) is 5.32 Å². The van der Waals surface area contributed by atoms with Crippen LogP contribution in [-0.4, -0.2) is 75.9 Å². The third-order valence-corrected chi connectivity index (χ3v) is 3.24. The SMILES string of the molecule is [2H]C([2H])([2H])SC[C@@H](C(=O)O)N(C)C(=O)[C@@H](NC(=O)OC(C)(C)C)[C@@H](C)O. The fourth-order valence-electron chi connectivity index (χ4n) is 1.62. The number of nitrogens with zero attached hydrogens (tertiary/aromatic N) is 1. The van der Waals surface area contributed by atoms with Crippen molar-refractivity contribution in [3.8, 4) is 0 Å². The summed E-state index contributed by atoms with van der Waals surface area (Å²) in [7, 11) is 1.16. The van der Waals surface area contributed by atoms with Crippen LogP contribution in [0.1, 0.15) is 31.8 Å². The van der Waals surface area contributed by atoms with Crippen molar-refractivity contribution < 1.29 is 33.4 Å². The van der Waals surface area contributed by atoms with Crippen LogP contribution < -0.4 is 5.32 Å². The molecule has 3 N–H and O–H groups in total. The summed E-state index contributed by atoms with van der Waals surface area (Å²) >= 11 is 0.408. The molecule has 0 rings (SSSR count). The summed E-state index contributed by atoms with van der Waals surface area (Å²) in [4.78, 5) is 36.6. The summed E-state index contributed by atoms with van der Waals surface area (Å²) in [5.74, 6) is -2.67. The van der Waals surface area contributed by atoms with Crippen LogP contribution in [0.25, 0.3) is 0 Å². The maximum Gasteiger partial charge on any atom is 0.408 e. The minimum Gasteiger partial charge on any atom is -0.480 e. The zero-order chi connectivity index (χ0) is 20.9. The summed E-state index contributed by atoms with van der Waals surface area (Å²) in [6, 6.07) is -2.90. The minimum atomic E-state index is -2.42. The number of carboxylic acids is 1. The highest BCUT2D eigenvalue weighted by atomic mass is 32.2. The zero-order valence-corrected chi connectivity index (χ0v) is 14.6. The first kappa shape index (κ1) is 16.4. The van der Waals surface area contributed by atoms with Gasteiger partial charge in [-0.3, -0.25) is 4.79 Å². The van der Waals surface area contributed by atoms with Gasteiger partial charge in [0, 0.05) is 16.9 Å². The van der Waals surface area contributed by atoms with E-state index < -0.39 is 47.9 Å². The number of carbonyl (C=O) groups excluding carboxylic acids is 2. The topological polar surface area (TPSA) is 116 Å². The number of aliphatic carboxylic acids is 1.